The van der Waals surface area contributed by atoms with Gasteiger partial charge in [-0.15, -0.1) is 10.2 Å². The molecule has 0 amide bonds. The van der Waals surface area contributed by atoms with Gasteiger partial charge in [0.15, 0.2) is 0 Å². The second-order valence-electron chi connectivity index (χ2n) is 6.50. The molecule has 0 aliphatic carbocycles. The van der Waals surface area contributed by atoms with Crippen LogP contribution in [0.1, 0.15) is 35.7 Å². The van der Waals surface area contributed by atoms with Crippen LogP contribution in [0.2, 0.25) is 0 Å². The maximum atomic E-state index is 5.97. The molecule has 0 fully saturated rings. The molecule has 28 heavy (non-hydrogen) atoms. The number of nitrogens with zero attached hydrogens (tertiary/aromatic N) is 3. The lowest BCUT2D eigenvalue weighted by Crippen LogP contribution is -2.14. The molecule has 0 aromatic carbocycles. The van der Waals surface area contributed by atoms with Crippen LogP contribution in [-0.2, 0) is 12.8 Å². The zero-order valence-electron chi connectivity index (χ0n) is 16.5. The number of pyridine rings is 1. The highest BCUT2D eigenvalue weighted by molar-refractivity contribution is 7.15. The highest BCUT2D eigenvalue weighted by Gasteiger charge is 2.06. The summed E-state index contributed by atoms with van der Waals surface area (Å²) in [5.41, 5.74) is 15.3. The van der Waals surface area contributed by atoms with E-state index in [4.69, 9.17) is 11.5 Å². The summed E-state index contributed by atoms with van der Waals surface area (Å²) in [5.74, 6) is 0.594. The maximum absolute atomic E-state index is 5.97. The van der Waals surface area contributed by atoms with Crippen molar-refractivity contribution in [3.8, 4) is 0 Å². The normalized spacial score (nSPS) is 12.1. The minimum Gasteiger partial charge on any atom is -0.402 e. The molecule has 0 saturated heterocycles. The Morgan fingerprint density at radius 1 is 1.21 bits per heavy atom. The first kappa shape index (κ1) is 21.4. The molecule has 0 bridgehead atoms. The fourth-order valence-corrected chi connectivity index (χ4v) is 3.31. The molecule has 0 saturated carbocycles. The van der Waals surface area contributed by atoms with Crippen molar-refractivity contribution in [2.24, 2.45) is 11.5 Å². The summed E-state index contributed by atoms with van der Waals surface area (Å²) in [6.07, 6.45) is 7.98. The molecule has 0 radical (unpaired) electrons. The highest BCUT2D eigenvalue weighted by Crippen LogP contribution is 2.20. The van der Waals surface area contributed by atoms with Gasteiger partial charge in [-0.2, -0.15) is 0 Å². The van der Waals surface area contributed by atoms with E-state index in [9.17, 15) is 0 Å². The number of aromatic nitrogens is 3. The zero-order valence-corrected chi connectivity index (χ0v) is 17.4. The third-order valence-electron chi connectivity index (χ3n) is 3.96. The fourth-order valence-electron chi connectivity index (χ4n) is 2.49. The molecule has 8 heteroatoms. The number of aryl methyl sites for hydroxylation is 2. The van der Waals surface area contributed by atoms with Crippen molar-refractivity contribution in [2.75, 3.05) is 12.4 Å². The van der Waals surface area contributed by atoms with Crippen LogP contribution in [0.5, 0.6) is 0 Å². The topological polar surface area (TPSA) is 115 Å². The number of allylic oxidation sites excluding steroid dienone is 4. The minimum absolute atomic E-state index is 0.594. The van der Waals surface area contributed by atoms with E-state index in [1.807, 2.05) is 31.2 Å². The van der Waals surface area contributed by atoms with E-state index >= 15 is 0 Å². The summed E-state index contributed by atoms with van der Waals surface area (Å²) >= 11 is 1.56. The van der Waals surface area contributed by atoms with Crippen LogP contribution in [0.15, 0.2) is 54.1 Å². The van der Waals surface area contributed by atoms with Gasteiger partial charge in [0.25, 0.3) is 0 Å². The van der Waals surface area contributed by atoms with E-state index in [1.165, 1.54) is 0 Å². The molecule has 0 unspecified atom stereocenters. The smallest absolute Gasteiger partial charge is 0.209 e. The number of nitrogens with one attached hydrogen (secondary N) is 2. The molecule has 2 rings (SSSR count). The van der Waals surface area contributed by atoms with Crippen molar-refractivity contribution in [2.45, 2.75) is 39.0 Å². The van der Waals surface area contributed by atoms with Crippen LogP contribution in [0, 0.1) is 6.92 Å². The van der Waals surface area contributed by atoms with Crippen LogP contribution < -0.4 is 22.1 Å². The van der Waals surface area contributed by atoms with E-state index in [1.54, 1.807) is 24.5 Å². The Hall–Kier alpha value is -2.87. The standard InChI is InChI=1S/C20H29N7S/c1-14-7-6-9-17(24-14)13-15(2)25-20-27-26-19(28-20)10-5-4-8-16(21)11-12-18(22)23-3/h6-7,9,11-12,23H,2,4-5,8,10,13,21-22H2,1,3H3,(H,25,27)/b16-11-,18-12+. The van der Waals surface area contributed by atoms with Crippen molar-refractivity contribution in [3.05, 3.63) is 70.5 Å². The summed E-state index contributed by atoms with van der Waals surface area (Å²) in [4.78, 5) is 4.49. The van der Waals surface area contributed by atoms with Crippen LogP contribution in [0.3, 0.4) is 0 Å². The summed E-state index contributed by atoms with van der Waals surface area (Å²) in [6, 6.07) is 5.98. The van der Waals surface area contributed by atoms with Gasteiger partial charge in [-0.05, 0) is 50.5 Å². The Kier molecular flexibility index (Phi) is 8.48. The van der Waals surface area contributed by atoms with Gasteiger partial charge in [-0.3, -0.25) is 4.98 Å². The lowest BCUT2D eigenvalue weighted by Gasteiger charge is -2.06. The second kappa shape index (κ2) is 11.1. The molecule has 2 aromatic rings. The molecular formula is C20H29N7S. The van der Waals surface area contributed by atoms with Crippen molar-refractivity contribution in [3.63, 3.8) is 0 Å². The SMILES string of the molecule is C=C(Cc1cccc(C)n1)Nc1nnc(CCCC/C(N)=C/C=C(\N)NC)s1. The van der Waals surface area contributed by atoms with Gasteiger partial charge < -0.3 is 22.1 Å². The van der Waals surface area contributed by atoms with Gasteiger partial charge >= 0.3 is 0 Å². The first-order valence-corrected chi connectivity index (χ1v) is 10.1. The first-order chi connectivity index (χ1) is 13.5. The van der Waals surface area contributed by atoms with Crippen molar-refractivity contribution >= 4 is 16.5 Å². The number of anilines is 1. The van der Waals surface area contributed by atoms with Gasteiger partial charge in [0.2, 0.25) is 5.13 Å². The van der Waals surface area contributed by atoms with Gasteiger partial charge in [-0.25, -0.2) is 0 Å². The molecule has 0 aliphatic rings. The Balaban J connectivity index is 1.72. The largest absolute Gasteiger partial charge is 0.402 e. The summed E-state index contributed by atoms with van der Waals surface area (Å²) in [5, 5.41) is 16.3. The zero-order chi connectivity index (χ0) is 20.4. The third-order valence-corrected chi connectivity index (χ3v) is 4.86. The van der Waals surface area contributed by atoms with Crippen molar-refractivity contribution in [1.29, 1.82) is 0 Å². The van der Waals surface area contributed by atoms with Gasteiger partial charge in [0, 0.05) is 42.7 Å². The molecule has 150 valence electrons. The quantitative estimate of drug-likeness (QED) is 0.339. The summed E-state index contributed by atoms with van der Waals surface area (Å²) < 4.78 is 0. The molecule has 0 aliphatic heterocycles. The Bertz CT molecular complexity index is 839. The van der Waals surface area contributed by atoms with E-state index in [2.05, 4.69) is 32.4 Å². The van der Waals surface area contributed by atoms with Crippen LogP contribution in [-0.4, -0.2) is 22.2 Å². The predicted molar refractivity (Wildman–Crippen MR) is 117 cm³/mol. The average molecular weight is 400 g/mol. The average Bonchev–Trinajstić information content (AvgIpc) is 3.10. The minimum atomic E-state index is 0.594. The summed E-state index contributed by atoms with van der Waals surface area (Å²) in [7, 11) is 1.77. The van der Waals surface area contributed by atoms with Crippen molar-refractivity contribution < 1.29 is 0 Å². The molecule has 2 aromatic heterocycles. The molecular weight excluding hydrogens is 370 g/mol. The maximum Gasteiger partial charge on any atom is 0.209 e. The van der Waals surface area contributed by atoms with Crippen molar-refractivity contribution in [1.82, 2.24) is 20.5 Å². The third kappa shape index (κ3) is 7.79. The van der Waals surface area contributed by atoms with Crippen LogP contribution in [0.25, 0.3) is 0 Å². The number of hydrogen-bond acceptors (Lipinski definition) is 8. The molecule has 7 nitrogen and oxygen atoms in total. The second-order valence-corrected chi connectivity index (χ2v) is 7.56. The van der Waals surface area contributed by atoms with Gasteiger partial charge in [0.1, 0.15) is 5.01 Å². The Morgan fingerprint density at radius 3 is 2.79 bits per heavy atom. The highest BCUT2D eigenvalue weighted by atomic mass is 32.1. The lowest BCUT2D eigenvalue weighted by molar-refractivity contribution is 0.718. The molecule has 2 heterocycles. The van der Waals surface area contributed by atoms with E-state index in [0.29, 0.717) is 12.2 Å². The Labute approximate surface area is 170 Å². The molecule has 0 atom stereocenters. The summed E-state index contributed by atoms with van der Waals surface area (Å²) in [6.45, 7) is 6.05. The van der Waals surface area contributed by atoms with Crippen LogP contribution in [0.4, 0.5) is 5.13 Å². The van der Waals surface area contributed by atoms with E-state index in [-0.39, 0.29) is 0 Å². The lowest BCUT2D eigenvalue weighted by atomic mass is 10.1. The van der Waals surface area contributed by atoms with E-state index in [0.717, 1.165) is 58.6 Å². The first-order valence-electron chi connectivity index (χ1n) is 9.25. The number of unbranched alkanes of at least 4 members (excludes halogenated alkanes) is 1. The predicted octanol–water partition coefficient (Wildman–Crippen LogP) is 2.98. The van der Waals surface area contributed by atoms with Crippen LogP contribution >= 0.6 is 11.3 Å². The van der Waals surface area contributed by atoms with E-state index < -0.39 is 0 Å². The number of hydrogen-bond donors (Lipinski definition) is 4. The van der Waals surface area contributed by atoms with Gasteiger partial charge in [0.05, 0.1) is 5.82 Å². The number of nitrogens with two attached hydrogens (primary N) is 2. The Morgan fingerprint density at radius 2 is 2.04 bits per heavy atom. The fraction of sp³-hybridized carbons (Fsp3) is 0.350. The van der Waals surface area contributed by atoms with Gasteiger partial charge in [-0.1, -0.05) is 24.0 Å². The molecule has 6 N–H and O–H groups in total. The monoisotopic (exact) mass is 399 g/mol. The molecule has 0 spiro atoms. The number of rotatable bonds is 11.